The number of nitrogens with zero attached hydrogens (tertiary/aromatic N) is 8. The molecule has 194 valence electrons. The lowest BCUT2D eigenvalue weighted by atomic mass is 9.92. The first-order valence-corrected chi connectivity index (χ1v) is 13.8. The smallest absolute Gasteiger partial charge is 0.152 e. The summed E-state index contributed by atoms with van der Waals surface area (Å²) in [6.07, 6.45) is 15.2. The second-order valence-corrected chi connectivity index (χ2v) is 11.1. The number of anilines is 2. The Hall–Kier alpha value is -3.11. The second kappa shape index (κ2) is 9.64. The normalized spacial score (nSPS) is 23.3. The van der Waals surface area contributed by atoms with Gasteiger partial charge in [0.1, 0.15) is 17.2 Å². The highest BCUT2D eigenvalue weighted by molar-refractivity contribution is 5.55. The molecule has 7 rings (SSSR count). The average Bonchev–Trinajstić information content (AvgIpc) is 3.36. The molecule has 4 fully saturated rings. The van der Waals surface area contributed by atoms with Gasteiger partial charge in [-0.25, -0.2) is 9.67 Å². The summed E-state index contributed by atoms with van der Waals surface area (Å²) in [5.41, 5.74) is 3.15. The molecule has 0 amide bonds. The Morgan fingerprint density at radius 2 is 1.81 bits per heavy atom. The summed E-state index contributed by atoms with van der Waals surface area (Å²) in [5.74, 6) is 1.82. The van der Waals surface area contributed by atoms with Crippen molar-refractivity contribution in [3.05, 3.63) is 42.6 Å². The molecule has 0 aromatic carbocycles. The van der Waals surface area contributed by atoms with Gasteiger partial charge in [0, 0.05) is 32.2 Å². The molecule has 10 heteroatoms. The van der Waals surface area contributed by atoms with E-state index in [1.54, 1.807) is 6.20 Å². The molecule has 3 aromatic rings. The van der Waals surface area contributed by atoms with Crippen LogP contribution < -0.4 is 15.1 Å². The molecule has 10 nitrogen and oxygen atoms in total. The molecular weight excluding hydrogens is 466 g/mol. The third-order valence-corrected chi connectivity index (χ3v) is 8.33. The highest BCUT2D eigenvalue weighted by Gasteiger charge is 2.45. The molecule has 3 aliphatic heterocycles. The Balaban J connectivity index is 1.08. The number of ether oxygens (including phenoxy) is 1. The van der Waals surface area contributed by atoms with Crippen LogP contribution in [-0.4, -0.2) is 81.9 Å². The van der Waals surface area contributed by atoms with Gasteiger partial charge in [0.2, 0.25) is 0 Å². The summed E-state index contributed by atoms with van der Waals surface area (Å²) in [4.78, 5) is 18.9. The fourth-order valence-electron chi connectivity index (χ4n) is 5.74. The second-order valence-electron chi connectivity index (χ2n) is 11.1. The molecule has 37 heavy (non-hydrogen) atoms. The lowest BCUT2D eigenvalue weighted by Gasteiger charge is -2.40. The maximum Gasteiger partial charge on any atom is 0.152 e. The third kappa shape index (κ3) is 4.57. The molecule has 4 aliphatic rings. The summed E-state index contributed by atoms with van der Waals surface area (Å²) in [6.45, 7) is 6.42. The number of aromatic nitrogens is 6. The first kappa shape index (κ1) is 23.0. The van der Waals surface area contributed by atoms with E-state index in [1.165, 1.54) is 50.8 Å². The van der Waals surface area contributed by atoms with Gasteiger partial charge in [-0.05, 0) is 63.1 Å². The topological polar surface area (TPSA) is 97.1 Å². The minimum absolute atomic E-state index is 0.444. The van der Waals surface area contributed by atoms with Crippen LogP contribution in [0.25, 0.3) is 11.4 Å². The van der Waals surface area contributed by atoms with E-state index in [0.29, 0.717) is 19.3 Å². The predicted octanol–water partition coefficient (Wildman–Crippen LogP) is 2.47. The van der Waals surface area contributed by atoms with Crippen LogP contribution in [0.1, 0.15) is 44.2 Å². The molecule has 0 unspecified atom stereocenters. The van der Waals surface area contributed by atoms with E-state index in [4.69, 9.17) is 14.7 Å². The van der Waals surface area contributed by atoms with Gasteiger partial charge in [-0.1, -0.05) is 5.21 Å². The van der Waals surface area contributed by atoms with E-state index >= 15 is 0 Å². The maximum absolute atomic E-state index is 5.68. The summed E-state index contributed by atoms with van der Waals surface area (Å²) in [6, 6.07) is 4.91. The van der Waals surface area contributed by atoms with E-state index in [0.717, 1.165) is 55.0 Å². The highest BCUT2D eigenvalue weighted by Crippen LogP contribution is 2.34. The maximum atomic E-state index is 5.68. The standard InChI is InChI=1S/C27H35N9O/c1-2-10-34(9-1)26-15-28-14-23(31-26)24-17-36(33-32-24)27(18-37-19-27)25-8-7-22(13-30-25)35-11-3-4-21(16-35)29-12-20-5-6-20/h7-8,13-15,17,20-21,29H,1-6,9-12,16,18-19H2/t21-/m1/s1. The fourth-order valence-corrected chi connectivity index (χ4v) is 5.74. The van der Waals surface area contributed by atoms with Crippen molar-refractivity contribution in [3.63, 3.8) is 0 Å². The van der Waals surface area contributed by atoms with Crippen LogP contribution in [0.3, 0.4) is 0 Å². The van der Waals surface area contributed by atoms with Gasteiger partial charge in [-0.3, -0.25) is 9.97 Å². The van der Waals surface area contributed by atoms with Gasteiger partial charge in [0.25, 0.3) is 0 Å². The Kier molecular flexibility index (Phi) is 6.01. The number of rotatable bonds is 8. The van der Waals surface area contributed by atoms with Crippen molar-refractivity contribution >= 4 is 11.5 Å². The number of pyridine rings is 1. The van der Waals surface area contributed by atoms with Crippen LogP contribution in [0.15, 0.2) is 36.9 Å². The lowest BCUT2D eigenvalue weighted by molar-refractivity contribution is -0.0851. The zero-order chi connectivity index (χ0) is 24.7. The van der Waals surface area contributed by atoms with Crippen molar-refractivity contribution in [1.29, 1.82) is 0 Å². The number of nitrogens with one attached hydrogen (secondary N) is 1. The summed E-state index contributed by atoms with van der Waals surface area (Å²) in [5, 5.41) is 12.7. The van der Waals surface area contributed by atoms with Crippen molar-refractivity contribution < 1.29 is 4.74 Å². The minimum atomic E-state index is -0.444. The average molecular weight is 502 g/mol. The zero-order valence-corrected chi connectivity index (χ0v) is 21.3. The molecule has 0 bridgehead atoms. The van der Waals surface area contributed by atoms with Crippen molar-refractivity contribution in [2.75, 3.05) is 55.7 Å². The zero-order valence-electron chi connectivity index (χ0n) is 21.3. The van der Waals surface area contributed by atoms with E-state index < -0.39 is 5.54 Å². The molecule has 3 aromatic heterocycles. The van der Waals surface area contributed by atoms with E-state index in [9.17, 15) is 0 Å². The van der Waals surface area contributed by atoms with Crippen molar-refractivity contribution in [3.8, 4) is 11.4 Å². The van der Waals surface area contributed by atoms with Crippen molar-refractivity contribution in [1.82, 2.24) is 35.3 Å². The Morgan fingerprint density at radius 3 is 2.57 bits per heavy atom. The summed E-state index contributed by atoms with van der Waals surface area (Å²) in [7, 11) is 0. The van der Waals surface area contributed by atoms with Gasteiger partial charge >= 0.3 is 0 Å². The fraction of sp³-hybridized carbons (Fsp3) is 0.593. The molecule has 1 saturated carbocycles. The van der Waals surface area contributed by atoms with Crippen LogP contribution in [0.2, 0.25) is 0 Å². The van der Waals surface area contributed by atoms with E-state index in [2.05, 4.69) is 42.5 Å². The van der Waals surface area contributed by atoms with Crippen LogP contribution in [0.5, 0.6) is 0 Å². The van der Waals surface area contributed by atoms with E-state index in [-0.39, 0.29) is 0 Å². The van der Waals surface area contributed by atoms with Crippen molar-refractivity contribution in [2.45, 2.75) is 50.1 Å². The SMILES string of the molecule is c1cc(C2(n3cc(-c4cncc(N5CCCC5)n4)nn3)COC2)ncc1N1CCC[C@@H](NCC2CC2)C1. The number of piperidine rings is 1. The minimum Gasteiger partial charge on any atom is -0.375 e. The van der Waals surface area contributed by atoms with Crippen LogP contribution in [0, 0.1) is 5.92 Å². The predicted molar refractivity (Wildman–Crippen MR) is 141 cm³/mol. The Morgan fingerprint density at radius 1 is 0.946 bits per heavy atom. The van der Waals surface area contributed by atoms with Gasteiger partial charge in [0.05, 0.1) is 49.4 Å². The van der Waals surface area contributed by atoms with Crippen LogP contribution >= 0.6 is 0 Å². The molecule has 1 atom stereocenters. The van der Waals surface area contributed by atoms with Gasteiger partial charge < -0.3 is 19.9 Å². The summed E-state index contributed by atoms with van der Waals surface area (Å²) >= 11 is 0. The molecule has 0 spiro atoms. The van der Waals surface area contributed by atoms with Crippen molar-refractivity contribution in [2.24, 2.45) is 5.92 Å². The Bertz CT molecular complexity index is 1210. The monoisotopic (exact) mass is 501 g/mol. The van der Waals surface area contributed by atoms with Gasteiger partial charge in [-0.2, -0.15) is 0 Å². The van der Waals surface area contributed by atoms with Gasteiger partial charge in [0.15, 0.2) is 5.54 Å². The largest absolute Gasteiger partial charge is 0.375 e. The molecule has 1 N–H and O–H groups in total. The Labute approximate surface area is 217 Å². The quantitative estimate of drug-likeness (QED) is 0.499. The first-order chi connectivity index (χ1) is 18.3. The lowest BCUT2D eigenvalue weighted by Crippen LogP contribution is -2.53. The van der Waals surface area contributed by atoms with E-state index in [1.807, 2.05) is 23.3 Å². The highest BCUT2D eigenvalue weighted by atomic mass is 16.5. The van der Waals surface area contributed by atoms with Crippen LogP contribution in [-0.2, 0) is 10.3 Å². The molecule has 6 heterocycles. The third-order valence-electron chi connectivity index (χ3n) is 8.33. The van der Waals surface area contributed by atoms with Crippen LogP contribution in [0.4, 0.5) is 11.5 Å². The number of hydrogen-bond acceptors (Lipinski definition) is 9. The molecule has 0 radical (unpaired) electrons. The first-order valence-electron chi connectivity index (χ1n) is 13.8. The molecular formula is C27H35N9O. The molecule has 1 aliphatic carbocycles. The molecule has 3 saturated heterocycles. The summed E-state index contributed by atoms with van der Waals surface area (Å²) < 4.78 is 7.58. The number of hydrogen-bond donors (Lipinski definition) is 1. The van der Waals surface area contributed by atoms with Gasteiger partial charge in [-0.15, -0.1) is 5.10 Å².